The van der Waals surface area contributed by atoms with Crippen molar-refractivity contribution in [1.29, 1.82) is 5.26 Å². The molecule has 0 radical (unpaired) electrons. The SMILES string of the molecule is CCN(CC(C)C#N)C(c1ccsc1)C(C)N. The lowest BCUT2D eigenvalue weighted by atomic mass is 10.0. The summed E-state index contributed by atoms with van der Waals surface area (Å²) in [5, 5.41) is 13.1. The van der Waals surface area contributed by atoms with Crippen molar-refractivity contribution in [2.24, 2.45) is 11.7 Å². The molecule has 1 rings (SSSR count). The lowest BCUT2D eigenvalue weighted by Gasteiger charge is -2.33. The normalized spacial score (nSPS) is 16.5. The molecule has 0 aromatic carbocycles. The molecule has 2 N–H and O–H groups in total. The van der Waals surface area contributed by atoms with Gasteiger partial charge in [0.25, 0.3) is 0 Å². The van der Waals surface area contributed by atoms with E-state index in [4.69, 9.17) is 11.0 Å². The second-order valence-corrected chi connectivity index (χ2v) is 5.26. The molecular weight excluding hydrogens is 230 g/mol. The summed E-state index contributed by atoms with van der Waals surface area (Å²) >= 11 is 1.69. The van der Waals surface area contributed by atoms with Crippen LogP contribution in [0.5, 0.6) is 0 Å². The van der Waals surface area contributed by atoms with Crippen LogP contribution in [0, 0.1) is 17.2 Å². The Bertz CT molecular complexity index is 353. The fourth-order valence-corrected chi connectivity index (χ4v) is 2.81. The van der Waals surface area contributed by atoms with Gasteiger partial charge < -0.3 is 5.73 Å². The number of thiophene rings is 1. The van der Waals surface area contributed by atoms with Crippen molar-refractivity contribution in [3.63, 3.8) is 0 Å². The average Bonchev–Trinajstić information content (AvgIpc) is 2.80. The number of rotatable bonds is 6. The van der Waals surface area contributed by atoms with Crippen molar-refractivity contribution in [2.45, 2.75) is 32.9 Å². The van der Waals surface area contributed by atoms with Gasteiger partial charge in [-0.1, -0.05) is 6.92 Å². The van der Waals surface area contributed by atoms with Crippen LogP contribution in [0.4, 0.5) is 0 Å². The molecule has 0 fully saturated rings. The van der Waals surface area contributed by atoms with Gasteiger partial charge in [-0.3, -0.25) is 4.90 Å². The molecule has 0 saturated heterocycles. The third-order valence-corrected chi connectivity index (χ3v) is 3.61. The summed E-state index contributed by atoms with van der Waals surface area (Å²) in [6.07, 6.45) is 0. The van der Waals surface area contributed by atoms with E-state index < -0.39 is 0 Å². The highest BCUT2D eigenvalue weighted by Gasteiger charge is 2.24. The summed E-state index contributed by atoms with van der Waals surface area (Å²) in [5.41, 5.74) is 7.36. The van der Waals surface area contributed by atoms with Crippen LogP contribution in [0.2, 0.25) is 0 Å². The summed E-state index contributed by atoms with van der Waals surface area (Å²) in [5.74, 6) is 0.0369. The van der Waals surface area contributed by atoms with E-state index in [-0.39, 0.29) is 18.0 Å². The lowest BCUT2D eigenvalue weighted by molar-refractivity contribution is 0.173. The molecule has 1 aromatic heterocycles. The first kappa shape index (κ1) is 14.2. The van der Waals surface area contributed by atoms with Crippen molar-refractivity contribution in [3.05, 3.63) is 22.4 Å². The van der Waals surface area contributed by atoms with Gasteiger partial charge in [0.1, 0.15) is 0 Å². The second kappa shape index (κ2) is 6.75. The van der Waals surface area contributed by atoms with Crippen LogP contribution in [0.1, 0.15) is 32.4 Å². The van der Waals surface area contributed by atoms with Crippen LogP contribution in [-0.2, 0) is 0 Å². The van der Waals surface area contributed by atoms with E-state index in [0.29, 0.717) is 0 Å². The Hall–Kier alpha value is -0.890. The third kappa shape index (κ3) is 3.81. The Morgan fingerprint density at radius 2 is 2.24 bits per heavy atom. The zero-order valence-corrected chi connectivity index (χ0v) is 11.6. The number of nitrogens with two attached hydrogens (primary N) is 1. The number of hydrogen-bond donors (Lipinski definition) is 1. The average molecular weight is 251 g/mol. The molecule has 17 heavy (non-hydrogen) atoms. The predicted octanol–water partition coefficient (Wildman–Crippen LogP) is 2.62. The van der Waals surface area contributed by atoms with Gasteiger partial charge in [-0.25, -0.2) is 0 Å². The van der Waals surface area contributed by atoms with Crippen LogP contribution >= 0.6 is 11.3 Å². The van der Waals surface area contributed by atoms with Crippen molar-refractivity contribution < 1.29 is 0 Å². The summed E-state index contributed by atoms with van der Waals surface area (Å²) in [6, 6.07) is 4.69. The van der Waals surface area contributed by atoms with Crippen molar-refractivity contribution >= 4 is 11.3 Å². The molecular formula is C13H21N3S. The largest absolute Gasteiger partial charge is 0.326 e. The van der Waals surface area contributed by atoms with E-state index in [1.807, 2.05) is 13.8 Å². The zero-order chi connectivity index (χ0) is 12.8. The van der Waals surface area contributed by atoms with Gasteiger partial charge in [0, 0.05) is 12.6 Å². The predicted molar refractivity (Wildman–Crippen MR) is 72.7 cm³/mol. The van der Waals surface area contributed by atoms with Gasteiger partial charge in [0.05, 0.1) is 18.0 Å². The molecule has 0 aliphatic rings. The Kier molecular flexibility index (Phi) is 5.63. The van der Waals surface area contributed by atoms with Gasteiger partial charge in [0.15, 0.2) is 0 Å². The molecule has 0 saturated carbocycles. The van der Waals surface area contributed by atoms with Crippen LogP contribution in [0.25, 0.3) is 0 Å². The molecule has 3 atom stereocenters. The fourth-order valence-electron chi connectivity index (χ4n) is 2.12. The number of nitriles is 1. The molecule has 1 aromatic rings. The fraction of sp³-hybridized carbons (Fsp3) is 0.615. The van der Waals surface area contributed by atoms with E-state index in [1.165, 1.54) is 5.56 Å². The standard InChI is InChI=1S/C13H21N3S/c1-4-16(8-10(2)7-14)13(11(3)15)12-5-6-17-9-12/h5-6,9-11,13H,4,8,15H2,1-3H3. The first-order valence-corrected chi connectivity index (χ1v) is 6.95. The van der Waals surface area contributed by atoms with E-state index >= 15 is 0 Å². The van der Waals surface area contributed by atoms with Crippen molar-refractivity contribution in [1.82, 2.24) is 4.90 Å². The maximum atomic E-state index is 8.92. The van der Waals surface area contributed by atoms with Crippen LogP contribution in [0.3, 0.4) is 0 Å². The highest BCUT2D eigenvalue weighted by Crippen LogP contribution is 2.26. The minimum Gasteiger partial charge on any atom is -0.326 e. The molecule has 94 valence electrons. The topological polar surface area (TPSA) is 53.0 Å². The maximum Gasteiger partial charge on any atom is 0.0666 e. The highest BCUT2D eigenvalue weighted by molar-refractivity contribution is 7.07. The Morgan fingerprint density at radius 1 is 1.53 bits per heavy atom. The Labute approximate surface area is 108 Å². The molecule has 0 amide bonds. The number of nitrogens with zero attached hydrogens (tertiary/aromatic N) is 2. The molecule has 0 bridgehead atoms. The van der Waals surface area contributed by atoms with Gasteiger partial charge in [0.2, 0.25) is 0 Å². The van der Waals surface area contributed by atoms with Crippen molar-refractivity contribution in [2.75, 3.05) is 13.1 Å². The van der Waals surface area contributed by atoms with Gasteiger partial charge in [-0.05, 0) is 42.8 Å². The van der Waals surface area contributed by atoms with Crippen molar-refractivity contribution in [3.8, 4) is 6.07 Å². The monoisotopic (exact) mass is 251 g/mol. The third-order valence-electron chi connectivity index (χ3n) is 2.91. The van der Waals surface area contributed by atoms with Gasteiger partial charge >= 0.3 is 0 Å². The van der Waals surface area contributed by atoms with Gasteiger partial charge in [-0.15, -0.1) is 0 Å². The number of likely N-dealkylation sites (N-methyl/N-ethyl adjacent to an activating group) is 1. The van der Waals surface area contributed by atoms with Gasteiger partial charge in [-0.2, -0.15) is 16.6 Å². The summed E-state index contributed by atoms with van der Waals surface area (Å²) in [4.78, 5) is 2.29. The quantitative estimate of drug-likeness (QED) is 0.845. The van der Waals surface area contributed by atoms with E-state index in [0.717, 1.165) is 13.1 Å². The molecule has 4 heteroatoms. The molecule has 3 unspecified atom stereocenters. The summed E-state index contributed by atoms with van der Waals surface area (Å²) in [6.45, 7) is 7.78. The first-order valence-electron chi connectivity index (χ1n) is 6.01. The smallest absolute Gasteiger partial charge is 0.0666 e. The molecule has 0 aliphatic carbocycles. The number of hydrogen-bond acceptors (Lipinski definition) is 4. The highest BCUT2D eigenvalue weighted by atomic mass is 32.1. The zero-order valence-electron chi connectivity index (χ0n) is 10.8. The summed E-state index contributed by atoms with van der Waals surface area (Å²) in [7, 11) is 0. The van der Waals surface area contributed by atoms with Crippen LogP contribution in [-0.4, -0.2) is 24.0 Å². The minimum absolute atomic E-state index is 0.0369. The molecule has 0 spiro atoms. The molecule has 3 nitrogen and oxygen atoms in total. The first-order chi connectivity index (χ1) is 8.10. The van der Waals surface area contributed by atoms with E-state index in [2.05, 4.69) is 34.7 Å². The molecule has 1 heterocycles. The lowest BCUT2D eigenvalue weighted by Crippen LogP contribution is -2.41. The Balaban J connectivity index is 2.85. The minimum atomic E-state index is 0.0369. The van der Waals surface area contributed by atoms with Crippen LogP contribution < -0.4 is 5.73 Å². The van der Waals surface area contributed by atoms with Crippen LogP contribution in [0.15, 0.2) is 16.8 Å². The summed E-state index contributed by atoms with van der Waals surface area (Å²) < 4.78 is 0. The van der Waals surface area contributed by atoms with E-state index in [1.54, 1.807) is 11.3 Å². The van der Waals surface area contributed by atoms with E-state index in [9.17, 15) is 0 Å². The Morgan fingerprint density at radius 3 is 2.65 bits per heavy atom. The molecule has 0 aliphatic heterocycles. The second-order valence-electron chi connectivity index (χ2n) is 4.48. The maximum absolute atomic E-state index is 8.92.